The van der Waals surface area contributed by atoms with Gasteiger partial charge in [0, 0.05) is 10.4 Å². The Balaban J connectivity index is 3.04. The molecule has 2 nitrogen and oxygen atoms in total. The Kier molecular flexibility index (Phi) is 4.11. The first kappa shape index (κ1) is 11.7. The summed E-state index contributed by atoms with van der Waals surface area (Å²) in [6, 6.07) is 4.25. The van der Waals surface area contributed by atoms with E-state index in [1.54, 1.807) is 0 Å². The highest BCUT2D eigenvalue weighted by atomic mass is 79.9. The van der Waals surface area contributed by atoms with Gasteiger partial charge in [-0.2, -0.15) is 0 Å². The lowest BCUT2D eigenvalue weighted by Crippen LogP contribution is -2.10. The second-order valence-electron chi connectivity index (χ2n) is 3.65. The molecule has 1 aromatic rings. The van der Waals surface area contributed by atoms with Crippen LogP contribution in [-0.2, 0) is 4.84 Å². The van der Waals surface area contributed by atoms with Crippen LogP contribution in [0.5, 0.6) is 0 Å². The number of nitrogens with two attached hydrogens (primary N) is 1. The van der Waals surface area contributed by atoms with E-state index in [0.29, 0.717) is 12.5 Å². The van der Waals surface area contributed by atoms with Gasteiger partial charge < -0.3 is 4.84 Å². The maximum Gasteiger partial charge on any atom is 0.0745 e. The molecule has 0 bridgehead atoms. The predicted octanol–water partition coefficient (Wildman–Crippen LogP) is 3.06. The Morgan fingerprint density at radius 1 is 1.43 bits per heavy atom. The van der Waals surface area contributed by atoms with E-state index in [9.17, 15) is 0 Å². The third-order valence-electron chi connectivity index (χ3n) is 2.50. The van der Waals surface area contributed by atoms with Gasteiger partial charge >= 0.3 is 0 Å². The van der Waals surface area contributed by atoms with E-state index in [0.717, 1.165) is 0 Å². The maximum absolute atomic E-state index is 5.07. The van der Waals surface area contributed by atoms with Crippen LogP contribution in [0.25, 0.3) is 0 Å². The summed E-state index contributed by atoms with van der Waals surface area (Å²) in [6.45, 7) is 6.86. The van der Waals surface area contributed by atoms with Gasteiger partial charge in [-0.3, -0.25) is 0 Å². The molecule has 0 saturated carbocycles. The summed E-state index contributed by atoms with van der Waals surface area (Å²) in [5.41, 5.74) is 3.81. The zero-order valence-electron chi connectivity index (χ0n) is 8.80. The highest BCUT2D eigenvalue weighted by Gasteiger charge is 2.11. The third-order valence-corrected chi connectivity index (χ3v) is 3.72. The van der Waals surface area contributed by atoms with Crippen LogP contribution in [0.15, 0.2) is 16.6 Å². The largest absolute Gasteiger partial charge is 0.304 e. The summed E-state index contributed by atoms with van der Waals surface area (Å²) in [7, 11) is 0. The Hall–Kier alpha value is -0.380. The van der Waals surface area contributed by atoms with Crippen molar-refractivity contribution in [2.45, 2.75) is 26.7 Å². The highest BCUT2D eigenvalue weighted by molar-refractivity contribution is 9.10. The zero-order chi connectivity index (χ0) is 10.7. The van der Waals surface area contributed by atoms with Gasteiger partial charge in [0.1, 0.15) is 0 Å². The molecule has 1 unspecified atom stereocenters. The lowest BCUT2D eigenvalue weighted by atomic mass is 9.96. The molecule has 1 rings (SSSR count). The van der Waals surface area contributed by atoms with Crippen LogP contribution in [0.3, 0.4) is 0 Å². The van der Waals surface area contributed by atoms with Crippen molar-refractivity contribution >= 4 is 15.9 Å². The smallest absolute Gasteiger partial charge is 0.0745 e. The Morgan fingerprint density at radius 3 is 2.64 bits per heavy atom. The molecule has 0 fully saturated rings. The van der Waals surface area contributed by atoms with E-state index in [2.05, 4.69) is 53.7 Å². The van der Waals surface area contributed by atoms with Gasteiger partial charge in [-0.1, -0.05) is 35.0 Å². The fourth-order valence-electron chi connectivity index (χ4n) is 1.60. The van der Waals surface area contributed by atoms with Crippen LogP contribution in [0.4, 0.5) is 0 Å². The van der Waals surface area contributed by atoms with Crippen molar-refractivity contribution in [2.24, 2.45) is 5.90 Å². The molecule has 0 heterocycles. The average Bonchev–Trinajstić information content (AvgIpc) is 2.15. The molecule has 2 N–H and O–H groups in total. The number of aryl methyl sites for hydroxylation is 1. The number of hydrogen-bond acceptors (Lipinski definition) is 2. The van der Waals surface area contributed by atoms with Crippen LogP contribution in [0.1, 0.15) is 29.5 Å². The van der Waals surface area contributed by atoms with Crippen molar-refractivity contribution < 1.29 is 4.84 Å². The van der Waals surface area contributed by atoms with Crippen molar-refractivity contribution in [3.05, 3.63) is 33.3 Å². The summed E-state index contributed by atoms with van der Waals surface area (Å²) in [4.78, 5) is 4.67. The van der Waals surface area contributed by atoms with Gasteiger partial charge in [-0.15, -0.1) is 0 Å². The third kappa shape index (κ3) is 2.35. The monoisotopic (exact) mass is 257 g/mol. The van der Waals surface area contributed by atoms with Crippen LogP contribution in [-0.4, -0.2) is 6.61 Å². The molecule has 0 aliphatic carbocycles. The Labute approximate surface area is 93.5 Å². The van der Waals surface area contributed by atoms with Crippen LogP contribution >= 0.6 is 15.9 Å². The molecule has 1 aromatic carbocycles. The molecule has 1 atom stereocenters. The molecule has 14 heavy (non-hydrogen) atoms. The minimum atomic E-state index is 0.330. The zero-order valence-corrected chi connectivity index (χ0v) is 10.4. The van der Waals surface area contributed by atoms with Gasteiger partial charge in [-0.25, -0.2) is 5.90 Å². The average molecular weight is 258 g/mol. The second kappa shape index (κ2) is 4.91. The van der Waals surface area contributed by atoms with Gasteiger partial charge in [0.05, 0.1) is 6.61 Å². The number of hydrogen-bond donors (Lipinski definition) is 1. The Morgan fingerprint density at radius 2 is 2.07 bits per heavy atom. The van der Waals surface area contributed by atoms with Crippen LogP contribution in [0.2, 0.25) is 0 Å². The van der Waals surface area contributed by atoms with Crippen molar-refractivity contribution in [1.29, 1.82) is 0 Å². The fourth-order valence-corrected chi connectivity index (χ4v) is 1.96. The van der Waals surface area contributed by atoms with Crippen LogP contribution < -0.4 is 5.90 Å². The highest BCUT2D eigenvalue weighted by Crippen LogP contribution is 2.28. The summed E-state index contributed by atoms with van der Waals surface area (Å²) in [6.07, 6.45) is 0. The minimum Gasteiger partial charge on any atom is -0.304 e. The fraction of sp³-hybridized carbons (Fsp3) is 0.455. The van der Waals surface area contributed by atoms with Gasteiger partial charge in [-0.05, 0) is 30.5 Å². The van der Waals surface area contributed by atoms with E-state index < -0.39 is 0 Å². The van der Waals surface area contributed by atoms with Gasteiger partial charge in [0.25, 0.3) is 0 Å². The number of benzene rings is 1. The number of halogens is 1. The molecular formula is C11H16BrNO. The topological polar surface area (TPSA) is 35.2 Å². The number of rotatable bonds is 3. The molecule has 3 heteroatoms. The van der Waals surface area contributed by atoms with Crippen molar-refractivity contribution in [3.63, 3.8) is 0 Å². The molecule has 0 aliphatic rings. The first-order valence-electron chi connectivity index (χ1n) is 4.65. The standard InChI is InChI=1S/C11H16BrNO/c1-7-4-5-10(8(2)6-14-13)9(3)11(7)12/h4-5,8H,6,13H2,1-3H3. The first-order chi connectivity index (χ1) is 6.57. The predicted molar refractivity (Wildman–Crippen MR) is 62.2 cm³/mol. The normalized spacial score (nSPS) is 12.9. The van der Waals surface area contributed by atoms with Crippen LogP contribution in [0, 0.1) is 13.8 Å². The first-order valence-corrected chi connectivity index (χ1v) is 5.44. The Bertz CT molecular complexity index is 325. The molecule has 0 aliphatic heterocycles. The molecule has 78 valence electrons. The molecule has 0 radical (unpaired) electrons. The van der Waals surface area contributed by atoms with E-state index in [-0.39, 0.29) is 0 Å². The summed E-state index contributed by atoms with van der Waals surface area (Å²) >= 11 is 3.58. The molecule has 0 saturated heterocycles. The van der Waals surface area contributed by atoms with E-state index in [4.69, 9.17) is 5.90 Å². The molecule has 0 amide bonds. The summed E-state index contributed by atoms with van der Waals surface area (Å²) < 4.78 is 1.18. The SMILES string of the molecule is Cc1ccc(C(C)CON)c(C)c1Br. The minimum absolute atomic E-state index is 0.330. The summed E-state index contributed by atoms with van der Waals surface area (Å²) in [5, 5.41) is 0. The molecular weight excluding hydrogens is 242 g/mol. The molecule has 0 aromatic heterocycles. The van der Waals surface area contributed by atoms with Gasteiger partial charge in [0.2, 0.25) is 0 Å². The van der Waals surface area contributed by atoms with Crippen molar-refractivity contribution in [1.82, 2.24) is 0 Å². The van der Waals surface area contributed by atoms with E-state index in [1.807, 2.05) is 0 Å². The van der Waals surface area contributed by atoms with Gasteiger partial charge in [0.15, 0.2) is 0 Å². The van der Waals surface area contributed by atoms with Crippen molar-refractivity contribution in [2.75, 3.05) is 6.61 Å². The maximum atomic E-state index is 5.07. The van der Waals surface area contributed by atoms with E-state index in [1.165, 1.54) is 21.2 Å². The molecule has 0 spiro atoms. The van der Waals surface area contributed by atoms with E-state index >= 15 is 0 Å². The quantitative estimate of drug-likeness (QED) is 0.845. The lowest BCUT2D eigenvalue weighted by Gasteiger charge is -2.15. The summed E-state index contributed by atoms with van der Waals surface area (Å²) in [5.74, 6) is 5.40. The second-order valence-corrected chi connectivity index (χ2v) is 4.44. The van der Waals surface area contributed by atoms with Crippen molar-refractivity contribution in [3.8, 4) is 0 Å². The lowest BCUT2D eigenvalue weighted by molar-refractivity contribution is 0.126.